The molecule has 7 nitrogen and oxygen atoms in total. The predicted molar refractivity (Wildman–Crippen MR) is 98.5 cm³/mol. The first-order valence-corrected chi connectivity index (χ1v) is 9.09. The molecule has 1 aromatic heterocycles. The number of aromatic nitrogens is 1. The van der Waals surface area contributed by atoms with E-state index in [2.05, 4.69) is 10.3 Å². The number of piperidine rings is 1. The Balaban J connectivity index is 1.30. The molecule has 2 aliphatic heterocycles. The molecular formula is C20H21N3O4. The van der Waals surface area contributed by atoms with Gasteiger partial charge in [0.15, 0.2) is 11.5 Å². The summed E-state index contributed by atoms with van der Waals surface area (Å²) in [4.78, 5) is 30.9. The van der Waals surface area contributed by atoms with Crippen LogP contribution in [0.15, 0.2) is 48.8 Å². The number of carbonyl (C=O) groups is 2. The Labute approximate surface area is 157 Å². The van der Waals surface area contributed by atoms with Gasteiger partial charge in [-0.05, 0) is 37.1 Å². The van der Waals surface area contributed by atoms with Crippen LogP contribution in [0.25, 0.3) is 0 Å². The van der Waals surface area contributed by atoms with Gasteiger partial charge in [-0.1, -0.05) is 12.1 Å². The maximum absolute atomic E-state index is 12.7. The number of carbonyl (C=O) groups excluding carboxylic acids is 2. The molecule has 2 aliphatic rings. The fraction of sp³-hybridized carbons (Fsp3) is 0.350. The quantitative estimate of drug-likeness (QED) is 0.899. The van der Waals surface area contributed by atoms with Gasteiger partial charge in [-0.2, -0.15) is 0 Å². The summed E-state index contributed by atoms with van der Waals surface area (Å²) in [5, 5.41) is 2.88. The molecule has 0 spiro atoms. The summed E-state index contributed by atoms with van der Waals surface area (Å²) in [6.07, 6.45) is 3.90. The van der Waals surface area contributed by atoms with Crippen LogP contribution >= 0.6 is 0 Å². The SMILES string of the molecule is O=C(Nc1cccnc1)C1CCN(C(=O)[C@H]2COc3ccccc3O2)CC1. The number of hydrogen-bond donors (Lipinski definition) is 1. The van der Waals surface area contributed by atoms with Gasteiger partial charge in [0.25, 0.3) is 5.91 Å². The lowest BCUT2D eigenvalue weighted by atomic mass is 9.95. The van der Waals surface area contributed by atoms with Crippen LogP contribution in [0, 0.1) is 5.92 Å². The molecule has 1 fully saturated rings. The van der Waals surface area contributed by atoms with E-state index in [4.69, 9.17) is 9.47 Å². The first-order valence-electron chi connectivity index (χ1n) is 9.09. The average Bonchev–Trinajstić information content (AvgIpc) is 2.73. The van der Waals surface area contributed by atoms with Gasteiger partial charge in [-0.15, -0.1) is 0 Å². The van der Waals surface area contributed by atoms with Gasteiger partial charge in [0.1, 0.15) is 6.61 Å². The Hall–Kier alpha value is -3.09. The number of para-hydroxylation sites is 2. The van der Waals surface area contributed by atoms with E-state index >= 15 is 0 Å². The molecule has 0 unspecified atom stereocenters. The largest absolute Gasteiger partial charge is 0.485 e. The fourth-order valence-electron chi connectivity index (χ4n) is 3.39. The van der Waals surface area contributed by atoms with Crippen molar-refractivity contribution in [3.8, 4) is 11.5 Å². The molecule has 27 heavy (non-hydrogen) atoms. The second-order valence-electron chi connectivity index (χ2n) is 6.69. The third-order valence-electron chi connectivity index (χ3n) is 4.89. The van der Waals surface area contributed by atoms with Gasteiger partial charge < -0.3 is 19.7 Å². The first kappa shape index (κ1) is 17.3. The summed E-state index contributed by atoms with van der Waals surface area (Å²) in [5.41, 5.74) is 0.687. The Morgan fingerprint density at radius 2 is 1.85 bits per heavy atom. The molecule has 4 rings (SSSR count). The minimum Gasteiger partial charge on any atom is -0.485 e. The van der Waals surface area contributed by atoms with Crippen molar-refractivity contribution in [1.29, 1.82) is 0 Å². The molecule has 1 atom stereocenters. The lowest BCUT2D eigenvalue weighted by molar-refractivity contribution is -0.143. The number of likely N-dealkylation sites (tertiary alicyclic amines) is 1. The average molecular weight is 367 g/mol. The normalized spacial score (nSPS) is 19.4. The molecule has 1 N–H and O–H groups in total. The number of amides is 2. The summed E-state index contributed by atoms with van der Waals surface area (Å²) < 4.78 is 11.4. The molecule has 0 bridgehead atoms. The standard InChI is InChI=1S/C20H21N3O4/c24-19(22-15-4-3-9-21-12-15)14-7-10-23(11-8-14)20(25)18-13-26-16-5-1-2-6-17(16)27-18/h1-6,9,12,14,18H,7-8,10-11,13H2,(H,22,24)/t18-/m1/s1. The molecule has 2 amide bonds. The summed E-state index contributed by atoms with van der Waals surface area (Å²) >= 11 is 0. The molecule has 7 heteroatoms. The van der Waals surface area contributed by atoms with Crippen LogP contribution in [0.4, 0.5) is 5.69 Å². The monoisotopic (exact) mass is 367 g/mol. The smallest absolute Gasteiger partial charge is 0.267 e. The molecule has 1 aromatic carbocycles. The van der Waals surface area contributed by atoms with Gasteiger partial charge in [0, 0.05) is 25.2 Å². The van der Waals surface area contributed by atoms with Gasteiger partial charge in [0.2, 0.25) is 12.0 Å². The van der Waals surface area contributed by atoms with Crippen molar-refractivity contribution in [3.63, 3.8) is 0 Å². The third kappa shape index (κ3) is 3.86. The van der Waals surface area contributed by atoms with E-state index in [1.54, 1.807) is 29.4 Å². The molecule has 3 heterocycles. The topological polar surface area (TPSA) is 80.8 Å². The third-order valence-corrected chi connectivity index (χ3v) is 4.89. The van der Waals surface area contributed by atoms with Gasteiger partial charge in [0.05, 0.1) is 11.9 Å². The van der Waals surface area contributed by atoms with Crippen molar-refractivity contribution in [2.24, 2.45) is 5.92 Å². The Morgan fingerprint density at radius 3 is 2.59 bits per heavy atom. The van der Waals surface area contributed by atoms with E-state index in [0.29, 0.717) is 43.1 Å². The van der Waals surface area contributed by atoms with Crippen molar-refractivity contribution in [1.82, 2.24) is 9.88 Å². The lowest BCUT2D eigenvalue weighted by Crippen LogP contribution is -2.49. The van der Waals surface area contributed by atoms with Crippen molar-refractivity contribution >= 4 is 17.5 Å². The second-order valence-corrected chi connectivity index (χ2v) is 6.69. The van der Waals surface area contributed by atoms with Crippen LogP contribution in [-0.4, -0.2) is 47.5 Å². The highest BCUT2D eigenvalue weighted by Gasteiger charge is 2.34. The zero-order chi connectivity index (χ0) is 18.6. The zero-order valence-electron chi connectivity index (χ0n) is 14.8. The minimum absolute atomic E-state index is 0.0266. The maximum Gasteiger partial charge on any atom is 0.267 e. The summed E-state index contributed by atoms with van der Waals surface area (Å²) in [5.74, 6) is 1.02. The molecular weight excluding hydrogens is 346 g/mol. The Morgan fingerprint density at radius 1 is 1.07 bits per heavy atom. The summed E-state index contributed by atoms with van der Waals surface area (Å²) in [6, 6.07) is 10.9. The molecule has 0 saturated carbocycles. The number of anilines is 1. The van der Waals surface area contributed by atoms with E-state index in [9.17, 15) is 9.59 Å². The van der Waals surface area contributed by atoms with E-state index in [-0.39, 0.29) is 24.3 Å². The number of benzene rings is 1. The highest BCUT2D eigenvalue weighted by atomic mass is 16.6. The van der Waals surface area contributed by atoms with Gasteiger partial charge in [-0.25, -0.2) is 0 Å². The van der Waals surface area contributed by atoms with Crippen molar-refractivity contribution in [2.45, 2.75) is 18.9 Å². The molecule has 0 aliphatic carbocycles. The number of ether oxygens (including phenoxy) is 2. The van der Waals surface area contributed by atoms with Crippen molar-refractivity contribution in [3.05, 3.63) is 48.8 Å². The van der Waals surface area contributed by atoms with Gasteiger partial charge in [-0.3, -0.25) is 14.6 Å². The summed E-state index contributed by atoms with van der Waals surface area (Å²) in [7, 11) is 0. The predicted octanol–water partition coefficient (Wildman–Crippen LogP) is 2.10. The van der Waals surface area contributed by atoms with Crippen LogP contribution in [0.1, 0.15) is 12.8 Å². The molecule has 1 saturated heterocycles. The van der Waals surface area contributed by atoms with E-state index < -0.39 is 6.10 Å². The molecule has 2 aromatic rings. The minimum atomic E-state index is -0.638. The zero-order valence-corrected chi connectivity index (χ0v) is 14.8. The Kier molecular flexibility index (Phi) is 4.91. The van der Waals surface area contributed by atoms with Gasteiger partial charge >= 0.3 is 0 Å². The lowest BCUT2D eigenvalue weighted by Gasteiger charge is -2.35. The highest BCUT2D eigenvalue weighted by Crippen LogP contribution is 2.31. The number of nitrogens with one attached hydrogen (secondary N) is 1. The van der Waals surface area contributed by atoms with Crippen LogP contribution < -0.4 is 14.8 Å². The number of nitrogens with zero attached hydrogens (tertiary/aromatic N) is 2. The van der Waals surface area contributed by atoms with E-state index in [0.717, 1.165) is 0 Å². The summed E-state index contributed by atoms with van der Waals surface area (Å²) in [6.45, 7) is 1.27. The number of pyridine rings is 1. The van der Waals surface area contributed by atoms with Crippen molar-refractivity contribution < 1.29 is 19.1 Å². The van der Waals surface area contributed by atoms with Crippen LogP contribution in [-0.2, 0) is 9.59 Å². The number of hydrogen-bond acceptors (Lipinski definition) is 5. The fourth-order valence-corrected chi connectivity index (χ4v) is 3.39. The maximum atomic E-state index is 12.7. The molecule has 140 valence electrons. The van der Waals surface area contributed by atoms with E-state index in [1.165, 1.54) is 0 Å². The van der Waals surface area contributed by atoms with Crippen molar-refractivity contribution in [2.75, 3.05) is 25.0 Å². The van der Waals surface area contributed by atoms with Crippen LogP contribution in [0.3, 0.4) is 0 Å². The van der Waals surface area contributed by atoms with E-state index in [1.807, 2.05) is 24.3 Å². The first-order chi connectivity index (χ1) is 13.2. The van der Waals surface area contributed by atoms with Crippen LogP contribution in [0.2, 0.25) is 0 Å². The number of fused-ring (bicyclic) bond motifs is 1. The number of rotatable bonds is 3. The molecule has 0 radical (unpaired) electrons. The van der Waals surface area contributed by atoms with Crippen LogP contribution in [0.5, 0.6) is 11.5 Å². The highest BCUT2D eigenvalue weighted by molar-refractivity contribution is 5.92. The Bertz CT molecular complexity index is 819. The second kappa shape index (κ2) is 7.65.